The van der Waals surface area contributed by atoms with Crippen LogP contribution in [0.4, 0.5) is 0 Å². The summed E-state index contributed by atoms with van der Waals surface area (Å²) >= 11 is 0. The third kappa shape index (κ3) is 3.88. The fourth-order valence-electron chi connectivity index (χ4n) is 3.82. The Bertz CT molecular complexity index is 644. The van der Waals surface area contributed by atoms with Crippen molar-refractivity contribution in [1.29, 1.82) is 0 Å². The molecular weight excluding hydrogens is 334 g/mol. The monoisotopic (exact) mass is 363 g/mol. The number of likely N-dealkylation sites (tertiary alicyclic amines) is 1. The number of aliphatic hydroxyl groups is 1. The van der Waals surface area contributed by atoms with E-state index in [2.05, 4.69) is 15.2 Å². The van der Waals surface area contributed by atoms with Gasteiger partial charge in [0, 0.05) is 44.3 Å². The first-order valence-corrected chi connectivity index (χ1v) is 9.04. The van der Waals surface area contributed by atoms with Crippen molar-refractivity contribution in [2.75, 3.05) is 54.1 Å². The van der Waals surface area contributed by atoms with Crippen molar-refractivity contribution in [2.45, 2.75) is 18.9 Å². The van der Waals surface area contributed by atoms with Crippen molar-refractivity contribution in [3.8, 4) is 11.5 Å². The second kappa shape index (κ2) is 8.14. The molecule has 1 aromatic carbocycles. The highest BCUT2D eigenvalue weighted by atomic mass is 16.5. The number of methoxy groups -OCH3 is 2. The van der Waals surface area contributed by atoms with Gasteiger partial charge in [0.2, 0.25) is 0 Å². The van der Waals surface area contributed by atoms with Crippen LogP contribution in [0, 0.1) is 5.41 Å². The molecule has 144 valence electrons. The fraction of sp³-hybridized carbons (Fsp3) is 0.632. The van der Waals surface area contributed by atoms with E-state index in [0.29, 0.717) is 23.6 Å². The van der Waals surface area contributed by atoms with Gasteiger partial charge in [0.1, 0.15) is 11.5 Å². The van der Waals surface area contributed by atoms with Crippen molar-refractivity contribution >= 4 is 5.96 Å². The van der Waals surface area contributed by atoms with Gasteiger partial charge in [-0.05, 0) is 31.0 Å². The van der Waals surface area contributed by atoms with Gasteiger partial charge >= 0.3 is 0 Å². The van der Waals surface area contributed by atoms with E-state index in [4.69, 9.17) is 14.2 Å². The van der Waals surface area contributed by atoms with Crippen molar-refractivity contribution in [2.24, 2.45) is 10.4 Å². The van der Waals surface area contributed by atoms with Gasteiger partial charge in [0.25, 0.3) is 0 Å². The lowest BCUT2D eigenvalue weighted by Crippen LogP contribution is -2.42. The topological polar surface area (TPSA) is 75.6 Å². The molecule has 2 unspecified atom stereocenters. The Morgan fingerprint density at radius 2 is 2.23 bits per heavy atom. The highest BCUT2D eigenvalue weighted by Crippen LogP contribution is 2.38. The van der Waals surface area contributed by atoms with Crippen LogP contribution in [-0.2, 0) is 4.74 Å². The molecule has 2 aliphatic rings. The number of guanidine groups is 1. The third-order valence-corrected chi connectivity index (χ3v) is 5.38. The van der Waals surface area contributed by atoms with Crippen LogP contribution in [0.3, 0.4) is 0 Å². The zero-order valence-electron chi connectivity index (χ0n) is 15.8. The van der Waals surface area contributed by atoms with Gasteiger partial charge in [-0.25, -0.2) is 0 Å². The molecule has 0 aromatic heterocycles. The van der Waals surface area contributed by atoms with E-state index in [-0.39, 0.29) is 5.41 Å². The molecule has 1 aromatic rings. The van der Waals surface area contributed by atoms with Crippen molar-refractivity contribution in [1.82, 2.24) is 10.2 Å². The molecule has 0 amide bonds. The van der Waals surface area contributed by atoms with Crippen molar-refractivity contribution in [3.63, 3.8) is 0 Å². The Kier molecular flexibility index (Phi) is 5.88. The minimum absolute atomic E-state index is 0.270. The summed E-state index contributed by atoms with van der Waals surface area (Å²) in [5.41, 5.74) is 0.962. The minimum Gasteiger partial charge on any atom is -0.497 e. The van der Waals surface area contributed by atoms with Crippen LogP contribution in [0.2, 0.25) is 0 Å². The van der Waals surface area contributed by atoms with Crippen LogP contribution in [0.1, 0.15) is 24.5 Å². The summed E-state index contributed by atoms with van der Waals surface area (Å²) in [4.78, 5) is 6.64. The summed E-state index contributed by atoms with van der Waals surface area (Å²) in [6.07, 6.45) is 1.51. The Hall–Kier alpha value is -1.99. The molecule has 7 nitrogen and oxygen atoms in total. The molecule has 7 heteroatoms. The third-order valence-electron chi connectivity index (χ3n) is 5.38. The van der Waals surface area contributed by atoms with E-state index in [1.165, 1.54) is 0 Å². The first-order valence-electron chi connectivity index (χ1n) is 9.04. The van der Waals surface area contributed by atoms with E-state index in [0.717, 1.165) is 45.1 Å². The summed E-state index contributed by atoms with van der Waals surface area (Å²) in [7, 11) is 4.97. The quantitative estimate of drug-likeness (QED) is 0.609. The summed E-state index contributed by atoms with van der Waals surface area (Å²) in [6, 6.07) is 5.42. The zero-order chi connectivity index (χ0) is 18.6. The Balaban J connectivity index is 1.62. The van der Waals surface area contributed by atoms with Gasteiger partial charge in [-0.3, -0.25) is 4.99 Å². The average Bonchev–Trinajstić information content (AvgIpc) is 3.31. The second-order valence-electron chi connectivity index (χ2n) is 7.03. The number of hydrogen-bond acceptors (Lipinski definition) is 5. The van der Waals surface area contributed by atoms with Gasteiger partial charge in [-0.15, -0.1) is 0 Å². The van der Waals surface area contributed by atoms with E-state index >= 15 is 0 Å². The first kappa shape index (κ1) is 18.8. The molecule has 1 spiro atoms. The molecule has 2 atom stereocenters. The average molecular weight is 363 g/mol. The molecule has 2 fully saturated rings. The number of ether oxygens (including phenoxy) is 3. The lowest BCUT2D eigenvalue weighted by Gasteiger charge is -2.26. The Morgan fingerprint density at radius 1 is 1.38 bits per heavy atom. The molecular formula is C19H29N3O4. The van der Waals surface area contributed by atoms with Crippen LogP contribution in [-0.4, -0.2) is 70.1 Å². The summed E-state index contributed by atoms with van der Waals surface area (Å²) in [5.74, 6) is 2.14. The maximum atomic E-state index is 10.7. The molecule has 2 N–H and O–H groups in total. The van der Waals surface area contributed by atoms with Gasteiger partial charge in [0.05, 0.1) is 26.9 Å². The zero-order valence-corrected chi connectivity index (χ0v) is 15.8. The summed E-state index contributed by atoms with van der Waals surface area (Å²) < 4.78 is 16.2. The fourth-order valence-corrected chi connectivity index (χ4v) is 3.82. The molecule has 26 heavy (non-hydrogen) atoms. The highest BCUT2D eigenvalue weighted by molar-refractivity contribution is 5.80. The molecule has 3 rings (SSSR count). The number of hydrogen-bond donors (Lipinski definition) is 2. The Labute approximate surface area is 155 Å². The number of aliphatic imine (C=N–C) groups is 1. The second-order valence-corrected chi connectivity index (χ2v) is 7.03. The van der Waals surface area contributed by atoms with Crippen LogP contribution in [0.25, 0.3) is 0 Å². The van der Waals surface area contributed by atoms with E-state index in [1.54, 1.807) is 33.4 Å². The predicted octanol–water partition coefficient (Wildman–Crippen LogP) is 1.42. The van der Waals surface area contributed by atoms with E-state index in [9.17, 15) is 5.11 Å². The van der Waals surface area contributed by atoms with E-state index < -0.39 is 6.10 Å². The number of nitrogens with zero attached hydrogens (tertiary/aromatic N) is 2. The highest BCUT2D eigenvalue weighted by Gasteiger charge is 2.42. The number of nitrogens with one attached hydrogen (secondary N) is 1. The lowest BCUT2D eigenvalue weighted by molar-refractivity contribution is 0.156. The summed E-state index contributed by atoms with van der Waals surface area (Å²) in [5, 5.41) is 13.9. The maximum Gasteiger partial charge on any atom is 0.193 e. The predicted molar refractivity (Wildman–Crippen MR) is 99.9 cm³/mol. The summed E-state index contributed by atoms with van der Waals surface area (Å²) in [6.45, 7) is 3.95. The van der Waals surface area contributed by atoms with Gasteiger partial charge in [-0.2, -0.15) is 0 Å². The van der Waals surface area contributed by atoms with Crippen LogP contribution >= 0.6 is 0 Å². The molecule has 2 heterocycles. The molecule has 0 radical (unpaired) electrons. The largest absolute Gasteiger partial charge is 0.497 e. The number of benzene rings is 1. The number of aliphatic hydroxyl groups excluding tert-OH is 1. The van der Waals surface area contributed by atoms with E-state index in [1.807, 2.05) is 6.07 Å². The maximum absolute atomic E-state index is 10.7. The van der Waals surface area contributed by atoms with Crippen LogP contribution < -0.4 is 14.8 Å². The van der Waals surface area contributed by atoms with Crippen molar-refractivity contribution < 1.29 is 19.3 Å². The van der Waals surface area contributed by atoms with Gasteiger partial charge in [0.15, 0.2) is 5.96 Å². The minimum atomic E-state index is -0.733. The number of rotatable bonds is 5. The molecule has 0 saturated carbocycles. The van der Waals surface area contributed by atoms with Crippen LogP contribution in [0.5, 0.6) is 11.5 Å². The lowest BCUT2D eigenvalue weighted by atomic mass is 9.87. The van der Waals surface area contributed by atoms with Gasteiger partial charge < -0.3 is 29.5 Å². The van der Waals surface area contributed by atoms with Crippen LogP contribution in [0.15, 0.2) is 23.2 Å². The molecule has 2 aliphatic heterocycles. The first-order chi connectivity index (χ1) is 12.6. The smallest absolute Gasteiger partial charge is 0.193 e. The molecule has 0 aliphatic carbocycles. The molecule has 2 saturated heterocycles. The standard InChI is InChI=1S/C19H29N3O4/c1-20-18(22-8-6-19(12-22)7-9-26-13-19)21-11-16(23)15-10-14(24-2)4-5-17(15)25-3/h4-5,10,16,23H,6-9,11-13H2,1-3H3,(H,20,21). The van der Waals surface area contributed by atoms with Gasteiger partial charge in [-0.1, -0.05) is 0 Å². The Morgan fingerprint density at radius 3 is 2.88 bits per heavy atom. The normalized spacial score (nSPS) is 24.2. The molecule has 0 bridgehead atoms. The van der Waals surface area contributed by atoms with Crippen molar-refractivity contribution in [3.05, 3.63) is 23.8 Å². The SMILES string of the molecule is CN=C(NCC(O)c1cc(OC)ccc1OC)N1CCC2(CCOC2)C1.